The molecule has 0 aliphatic heterocycles. The fourth-order valence-electron chi connectivity index (χ4n) is 2.01. The lowest BCUT2D eigenvalue weighted by molar-refractivity contribution is -0.137. The van der Waals surface area contributed by atoms with Gasteiger partial charge in [-0.3, -0.25) is 4.79 Å². The number of carbonyl (C=O) groups excluding carboxylic acids is 1. The second-order valence-corrected chi connectivity index (χ2v) is 5.08. The lowest BCUT2D eigenvalue weighted by atomic mass is 10.1. The summed E-state index contributed by atoms with van der Waals surface area (Å²) in [6.45, 7) is 0.992. The molecule has 2 aromatic rings. The summed E-state index contributed by atoms with van der Waals surface area (Å²) in [6, 6.07) is 6.49. The van der Waals surface area contributed by atoms with Crippen molar-refractivity contribution in [2.45, 2.75) is 19.0 Å². The van der Waals surface area contributed by atoms with Crippen molar-refractivity contribution in [1.82, 2.24) is 15.3 Å². The minimum Gasteiger partial charge on any atom is -0.356 e. The van der Waals surface area contributed by atoms with E-state index in [2.05, 4.69) is 20.6 Å². The van der Waals surface area contributed by atoms with E-state index >= 15 is 0 Å². The van der Waals surface area contributed by atoms with Gasteiger partial charge in [-0.05, 0) is 24.1 Å². The number of hydrogen-bond acceptors (Lipinski definition) is 4. The van der Waals surface area contributed by atoms with Crippen LogP contribution in [0.15, 0.2) is 42.7 Å². The van der Waals surface area contributed by atoms with Crippen LogP contribution in [0.4, 0.5) is 19.1 Å². The number of amides is 1. The first-order valence-electron chi connectivity index (χ1n) is 7.39. The molecule has 0 bridgehead atoms. The normalized spacial score (nSPS) is 11.1. The molecule has 0 fully saturated rings. The van der Waals surface area contributed by atoms with Crippen LogP contribution >= 0.6 is 0 Å². The van der Waals surface area contributed by atoms with Crippen molar-refractivity contribution in [2.75, 3.05) is 18.4 Å². The topological polar surface area (TPSA) is 66.9 Å². The van der Waals surface area contributed by atoms with Gasteiger partial charge in [-0.1, -0.05) is 18.2 Å². The van der Waals surface area contributed by atoms with E-state index in [9.17, 15) is 18.0 Å². The predicted molar refractivity (Wildman–Crippen MR) is 83.3 cm³/mol. The summed E-state index contributed by atoms with van der Waals surface area (Å²) in [5, 5.41) is 5.67. The van der Waals surface area contributed by atoms with Crippen LogP contribution in [0.3, 0.4) is 0 Å². The molecule has 1 aromatic heterocycles. The molecule has 0 saturated heterocycles. The van der Waals surface area contributed by atoms with Crippen LogP contribution in [-0.2, 0) is 17.4 Å². The summed E-state index contributed by atoms with van der Waals surface area (Å²) in [5.41, 5.74) is -0.419. The third-order valence-corrected chi connectivity index (χ3v) is 3.14. The zero-order chi connectivity index (χ0) is 17.4. The summed E-state index contributed by atoms with van der Waals surface area (Å²) in [7, 11) is 0. The fourth-order valence-corrected chi connectivity index (χ4v) is 2.01. The van der Waals surface area contributed by atoms with Gasteiger partial charge in [-0.25, -0.2) is 9.97 Å². The van der Waals surface area contributed by atoms with Gasteiger partial charge in [0.1, 0.15) is 0 Å². The van der Waals surface area contributed by atoms with Gasteiger partial charge >= 0.3 is 6.18 Å². The maximum Gasteiger partial charge on any atom is 0.416 e. The Labute approximate surface area is 137 Å². The Bertz CT molecular complexity index is 662. The number of hydrogen-bond donors (Lipinski definition) is 2. The average molecular weight is 338 g/mol. The van der Waals surface area contributed by atoms with Crippen LogP contribution in [0.25, 0.3) is 0 Å². The molecular weight excluding hydrogens is 321 g/mol. The summed E-state index contributed by atoms with van der Waals surface area (Å²) in [6.07, 6.45) is -0.609. The van der Waals surface area contributed by atoms with Gasteiger partial charge in [0.05, 0.1) is 12.0 Å². The second kappa shape index (κ2) is 8.28. The Morgan fingerprint density at radius 3 is 2.54 bits per heavy atom. The number of alkyl halides is 3. The first kappa shape index (κ1) is 17.7. The standard InChI is InChI=1S/C16H17F3N4O/c17-16(18,19)13-5-1-4-12(10-13)11-14(24)20-6-2-7-21-15-22-8-3-9-23-15/h1,3-5,8-10H,2,6-7,11H2,(H,20,24)(H,21,22,23). The molecule has 2 N–H and O–H groups in total. The van der Waals surface area contributed by atoms with Gasteiger partial charge in [0.15, 0.2) is 0 Å². The van der Waals surface area contributed by atoms with E-state index in [1.807, 2.05) is 0 Å². The Hall–Kier alpha value is -2.64. The number of anilines is 1. The van der Waals surface area contributed by atoms with E-state index in [0.29, 0.717) is 31.0 Å². The van der Waals surface area contributed by atoms with Crippen LogP contribution in [-0.4, -0.2) is 29.0 Å². The molecule has 0 aliphatic rings. The number of halogens is 3. The number of nitrogens with one attached hydrogen (secondary N) is 2. The van der Waals surface area contributed by atoms with Gasteiger partial charge in [0.2, 0.25) is 11.9 Å². The molecule has 0 aliphatic carbocycles. The average Bonchev–Trinajstić information content (AvgIpc) is 2.55. The largest absolute Gasteiger partial charge is 0.416 e. The lowest BCUT2D eigenvalue weighted by Crippen LogP contribution is -2.27. The molecule has 1 aromatic carbocycles. The molecule has 24 heavy (non-hydrogen) atoms. The van der Waals surface area contributed by atoms with Gasteiger partial charge in [0, 0.05) is 25.5 Å². The van der Waals surface area contributed by atoms with Crippen LogP contribution in [0, 0.1) is 0 Å². The smallest absolute Gasteiger partial charge is 0.356 e. The Morgan fingerprint density at radius 2 is 1.83 bits per heavy atom. The Morgan fingerprint density at radius 1 is 1.08 bits per heavy atom. The summed E-state index contributed by atoms with van der Waals surface area (Å²) in [5.74, 6) is 0.193. The van der Waals surface area contributed by atoms with Gasteiger partial charge < -0.3 is 10.6 Å². The van der Waals surface area contributed by atoms with Crippen LogP contribution in [0.1, 0.15) is 17.5 Å². The number of nitrogens with zero attached hydrogens (tertiary/aromatic N) is 2. The van der Waals surface area contributed by atoms with Crippen LogP contribution < -0.4 is 10.6 Å². The quantitative estimate of drug-likeness (QED) is 0.762. The first-order chi connectivity index (χ1) is 11.4. The SMILES string of the molecule is O=C(Cc1cccc(C(F)(F)F)c1)NCCCNc1ncccn1. The van der Waals surface area contributed by atoms with Crippen LogP contribution in [0.5, 0.6) is 0 Å². The molecular formula is C16H17F3N4O. The summed E-state index contributed by atoms with van der Waals surface area (Å²) in [4.78, 5) is 19.8. The Balaban J connectivity index is 1.70. The third kappa shape index (κ3) is 5.86. The molecule has 1 heterocycles. The fraction of sp³-hybridized carbons (Fsp3) is 0.312. The van der Waals surface area contributed by atoms with Crippen molar-refractivity contribution < 1.29 is 18.0 Å². The Kier molecular flexibility index (Phi) is 6.11. The zero-order valence-electron chi connectivity index (χ0n) is 12.8. The van der Waals surface area contributed by atoms with Gasteiger partial charge in [-0.2, -0.15) is 13.2 Å². The van der Waals surface area contributed by atoms with Gasteiger partial charge in [0.25, 0.3) is 0 Å². The van der Waals surface area contributed by atoms with Crippen molar-refractivity contribution in [2.24, 2.45) is 0 Å². The second-order valence-electron chi connectivity index (χ2n) is 5.08. The highest BCUT2D eigenvalue weighted by Crippen LogP contribution is 2.29. The van der Waals surface area contributed by atoms with E-state index in [1.165, 1.54) is 12.1 Å². The lowest BCUT2D eigenvalue weighted by Gasteiger charge is -2.09. The summed E-state index contributed by atoms with van der Waals surface area (Å²) < 4.78 is 37.8. The maximum atomic E-state index is 12.6. The molecule has 0 spiro atoms. The van der Waals surface area contributed by atoms with Crippen molar-refractivity contribution >= 4 is 11.9 Å². The molecule has 0 radical (unpaired) electrons. The first-order valence-corrected chi connectivity index (χ1v) is 7.39. The monoisotopic (exact) mass is 338 g/mol. The number of rotatable bonds is 7. The van der Waals surface area contributed by atoms with Crippen molar-refractivity contribution in [3.63, 3.8) is 0 Å². The van der Waals surface area contributed by atoms with Crippen molar-refractivity contribution in [3.05, 3.63) is 53.9 Å². The van der Waals surface area contributed by atoms with E-state index in [4.69, 9.17) is 0 Å². The van der Waals surface area contributed by atoms with Crippen LogP contribution in [0.2, 0.25) is 0 Å². The van der Waals surface area contributed by atoms with E-state index < -0.39 is 11.7 Å². The highest BCUT2D eigenvalue weighted by molar-refractivity contribution is 5.78. The minimum atomic E-state index is -4.41. The predicted octanol–water partition coefficient (Wildman–Crippen LogP) is 2.66. The third-order valence-electron chi connectivity index (χ3n) is 3.14. The van der Waals surface area contributed by atoms with E-state index in [-0.39, 0.29) is 12.3 Å². The molecule has 0 saturated carbocycles. The zero-order valence-corrected chi connectivity index (χ0v) is 12.8. The molecule has 128 valence electrons. The molecule has 0 atom stereocenters. The highest BCUT2D eigenvalue weighted by Gasteiger charge is 2.30. The van der Waals surface area contributed by atoms with E-state index in [0.717, 1.165) is 12.1 Å². The molecule has 5 nitrogen and oxygen atoms in total. The molecule has 8 heteroatoms. The number of carbonyl (C=O) groups is 1. The van der Waals surface area contributed by atoms with E-state index in [1.54, 1.807) is 18.5 Å². The maximum absolute atomic E-state index is 12.6. The molecule has 2 rings (SSSR count). The molecule has 1 amide bonds. The minimum absolute atomic E-state index is 0.0842. The van der Waals surface area contributed by atoms with Crippen molar-refractivity contribution in [3.8, 4) is 0 Å². The highest BCUT2D eigenvalue weighted by atomic mass is 19.4. The molecule has 0 unspecified atom stereocenters. The number of benzene rings is 1. The summed E-state index contributed by atoms with van der Waals surface area (Å²) >= 11 is 0. The number of aromatic nitrogens is 2. The van der Waals surface area contributed by atoms with Gasteiger partial charge in [-0.15, -0.1) is 0 Å². The van der Waals surface area contributed by atoms with Crippen molar-refractivity contribution in [1.29, 1.82) is 0 Å².